The van der Waals surface area contributed by atoms with Gasteiger partial charge in [0.25, 0.3) is 0 Å². The summed E-state index contributed by atoms with van der Waals surface area (Å²) < 4.78 is 0. The van der Waals surface area contributed by atoms with Crippen LogP contribution in [-0.4, -0.2) is 175 Å². The Morgan fingerprint density at radius 1 is 0.457 bits per heavy atom. The topological polar surface area (TPSA) is 237 Å². The monoisotopic (exact) mass is 948 g/mol. The smallest absolute Gasteiger partial charge is 0.234 e. The number of nitrogens with zero attached hydrogens (tertiary/aromatic N) is 10. The first kappa shape index (κ1) is 47.8. The summed E-state index contributed by atoms with van der Waals surface area (Å²) in [6.07, 6.45) is 5.49. The van der Waals surface area contributed by atoms with Crippen molar-refractivity contribution in [3.8, 4) is 22.5 Å². The van der Waals surface area contributed by atoms with Crippen LogP contribution in [0.4, 0.5) is 34.9 Å². The first-order valence-corrected chi connectivity index (χ1v) is 23.8. The summed E-state index contributed by atoms with van der Waals surface area (Å²) in [7, 11) is 0. The molecule has 10 aliphatic heterocycles. The van der Waals surface area contributed by atoms with E-state index in [1.807, 2.05) is 60.7 Å². The predicted octanol–water partition coefficient (Wildman–Crippen LogP) is 2.60. The lowest BCUT2D eigenvalue weighted by atomic mass is 10.1. The molecule has 2 aromatic carbocycles. The van der Waals surface area contributed by atoms with Crippen molar-refractivity contribution in [2.75, 3.05) is 113 Å². The highest BCUT2D eigenvalue weighted by atomic mass is 16.3. The van der Waals surface area contributed by atoms with E-state index in [0.717, 1.165) is 99.3 Å². The number of aromatic nitrogens is 6. The third-order valence-corrected chi connectivity index (χ3v) is 12.4. The van der Waals surface area contributed by atoms with E-state index in [1.54, 1.807) is 24.8 Å². The van der Waals surface area contributed by atoms with Gasteiger partial charge in [0.15, 0.2) is 0 Å². The second-order valence-corrected chi connectivity index (χ2v) is 17.8. The fraction of sp³-hybridized carbons (Fsp3) is 0.360. The summed E-state index contributed by atoms with van der Waals surface area (Å²) in [6.45, 7) is 10.2. The third-order valence-electron chi connectivity index (χ3n) is 12.4. The first-order valence-electron chi connectivity index (χ1n) is 23.8. The van der Waals surface area contributed by atoms with E-state index in [0.29, 0.717) is 36.6 Å². The molecule has 16 bridgehead atoms. The molecule has 16 rings (SSSR count). The van der Waals surface area contributed by atoms with E-state index in [-0.39, 0.29) is 38.0 Å². The second-order valence-electron chi connectivity index (χ2n) is 17.8. The van der Waals surface area contributed by atoms with Gasteiger partial charge in [0.2, 0.25) is 23.7 Å². The van der Waals surface area contributed by atoms with Gasteiger partial charge in [0.1, 0.15) is 11.6 Å². The molecule has 2 unspecified atom stereocenters. The van der Waals surface area contributed by atoms with Gasteiger partial charge in [-0.3, -0.25) is 29.2 Å². The number of pyridine rings is 2. The number of aliphatic hydroxyl groups excluding tert-OH is 2. The van der Waals surface area contributed by atoms with Crippen LogP contribution in [-0.2, 0) is 22.7 Å². The lowest BCUT2D eigenvalue weighted by Crippen LogP contribution is -2.49. The Hall–Kier alpha value is -7.20. The number of benzene rings is 2. The summed E-state index contributed by atoms with van der Waals surface area (Å²) in [5.74, 6) is 2.18. The van der Waals surface area contributed by atoms with E-state index in [4.69, 9.17) is 0 Å². The minimum absolute atomic E-state index is 0.0694. The number of nitrogens with one attached hydrogen (secondary N) is 6. The maximum absolute atomic E-state index is 12.4. The molecular formula is C50H60N16O4. The quantitative estimate of drug-likeness (QED) is 0.109. The van der Waals surface area contributed by atoms with Crippen molar-refractivity contribution in [3.05, 3.63) is 121 Å². The molecule has 2 atom stereocenters. The molecule has 0 saturated carbocycles. The highest BCUT2D eigenvalue weighted by Crippen LogP contribution is 2.24. The van der Waals surface area contributed by atoms with Crippen LogP contribution in [0.15, 0.2) is 110 Å². The largest absolute Gasteiger partial charge is 0.389 e. The minimum atomic E-state index is -0.718. The average molecular weight is 949 g/mol. The summed E-state index contributed by atoms with van der Waals surface area (Å²) in [6, 6.07) is 27.8. The molecule has 20 nitrogen and oxygen atoms in total. The summed E-state index contributed by atoms with van der Waals surface area (Å²) in [5.41, 5.74) is 7.52. The number of piperazine rings is 2. The number of anilines is 6. The second kappa shape index (κ2) is 23.4. The predicted molar refractivity (Wildman–Crippen MR) is 268 cm³/mol. The number of rotatable bonds is 0. The fourth-order valence-electron chi connectivity index (χ4n) is 8.51. The fourth-order valence-corrected chi connectivity index (χ4v) is 8.51. The van der Waals surface area contributed by atoms with Gasteiger partial charge in [-0.1, -0.05) is 24.3 Å². The Labute approximate surface area is 407 Å². The minimum Gasteiger partial charge on any atom is -0.389 e. The van der Waals surface area contributed by atoms with Crippen LogP contribution in [0.25, 0.3) is 22.5 Å². The molecule has 0 spiro atoms. The van der Waals surface area contributed by atoms with Crippen molar-refractivity contribution in [1.29, 1.82) is 0 Å². The maximum Gasteiger partial charge on any atom is 0.234 e. The molecule has 0 aliphatic carbocycles. The third kappa shape index (κ3) is 14.0. The normalized spacial score (nSPS) is 23.1. The van der Waals surface area contributed by atoms with Gasteiger partial charge in [-0.05, 0) is 71.8 Å². The van der Waals surface area contributed by atoms with Crippen LogP contribution < -0.4 is 31.9 Å². The van der Waals surface area contributed by atoms with Crippen molar-refractivity contribution in [1.82, 2.24) is 60.1 Å². The highest BCUT2D eigenvalue weighted by molar-refractivity contribution is 5.78. The van der Waals surface area contributed by atoms with Gasteiger partial charge in [0.05, 0.1) is 36.7 Å². The van der Waals surface area contributed by atoms with Crippen LogP contribution in [0.1, 0.15) is 11.1 Å². The van der Waals surface area contributed by atoms with E-state index in [2.05, 4.69) is 106 Å². The molecule has 4 aromatic heterocycles. The van der Waals surface area contributed by atoms with Gasteiger partial charge in [0, 0.05) is 139 Å². The molecule has 2 amide bonds. The molecule has 2 saturated heterocycles. The van der Waals surface area contributed by atoms with Crippen LogP contribution in [0.2, 0.25) is 0 Å². The molecular weight excluding hydrogens is 889 g/mol. The molecule has 14 heterocycles. The number of amides is 2. The lowest BCUT2D eigenvalue weighted by molar-refractivity contribution is -0.123. The average Bonchev–Trinajstić information content (AvgIpc) is 3.38. The first-order chi connectivity index (χ1) is 34.2. The van der Waals surface area contributed by atoms with Crippen LogP contribution in [0, 0.1) is 0 Å². The van der Waals surface area contributed by atoms with Crippen molar-refractivity contribution in [2.24, 2.45) is 0 Å². The summed E-state index contributed by atoms with van der Waals surface area (Å²) >= 11 is 0. The van der Waals surface area contributed by atoms with Gasteiger partial charge >= 0.3 is 0 Å². The Morgan fingerprint density at radius 2 is 0.857 bits per heavy atom. The summed E-state index contributed by atoms with van der Waals surface area (Å²) in [5, 5.41) is 39.1. The van der Waals surface area contributed by atoms with Crippen LogP contribution >= 0.6 is 0 Å². The molecule has 2 fully saturated rings. The number of carbonyl (C=O) groups is 2. The standard InChI is InChI=1S/2C25H30N8O2/c2*34-21-14-28-23-5-4-19(13-27-23)22-6-7-26-25(31-22)30-20-3-1-2-18(12-20)16-32-8-10-33(11-9-32)17-24(35)29-15-21/h2*1-7,12-13,21,34H,8-11,14-17H2,(H,27,28)(H,29,35)(H,26,30,31). The Balaban J connectivity index is 0.000000174. The molecule has 0 radical (unpaired) electrons. The number of carbonyl (C=O) groups excluding carboxylic acids is 2. The van der Waals surface area contributed by atoms with E-state index in [1.165, 1.54) is 11.1 Å². The number of hydrogen-bond acceptors (Lipinski definition) is 18. The Bertz CT molecular complexity index is 2480. The Kier molecular flexibility index (Phi) is 16.0. The molecule has 8 N–H and O–H groups in total. The van der Waals surface area contributed by atoms with Gasteiger partial charge < -0.3 is 42.1 Å². The Morgan fingerprint density at radius 3 is 1.26 bits per heavy atom. The summed E-state index contributed by atoms with van der Waals surface area (Å²) in [4.78, 5) is 60.7. The van der Waals surface area contributed by atoms with Crippen LogP contribution in [0.5, 0.6) is 0 Å². The van der Waals surface area contributed by atoms with Gasteiger partial charge in [-0.2, -0.15) is 0 Å². The molecule has 364 valence electrons. The molecule has 70 heavy (non-hydrogen) atoms. The van der Waals surface area contributed by atoms with Gasteiger partial charge in [-0.15, -0.1) is 0 Å². The van der Waals surface area contributed by atoms with Crippen molar-refractivity contribution >= 4 is 46.7 Å². The lowest BCUT2D eigenvalue weighted by Gasteiger charge is -2.34. The highest BCUT2D eigenvalue weighted by Gasteiger charge is 2.22. The molecule has 6 aromatic rings. The van der Waals surface area contributed by atoms with Crippen molar-refractivity contribution < 1.29 is 19.8 Å². The number of hydrogen-bond donors (Lipinski definition) is 8. The van der Waals surface area contributed by atoms with E-state index >= 15 is 0 Å². The maximum atomic E-state index is 12.4. The zero-order chi connectivity index (χ0) is 48.1. The number of aliphatic hydroxyl groups is 2. The zero-order valence-corrected chi connectivity index (χ0v) is 39.0. The molecule has 10 aliphatic rings. The van der Waals surface area contributed by atoms with Crippen molar-refractivity contribution in [3.63, 3.8) is 0 Å². The van der Waals surface area contributed by atoms with E-state index in [9.17, 15) is 19.8 Å². The molecule has 20 heteroatoms. The van der Waals surface area contributed by atoms with E-state index < -0.39 is 12.2 Å². The van der Waals surface area contributed by atoms with Crippen molar-refractivity contribution in [2.45, 2.75) is 25.3 Å². The SMILES string of the molecule is O=C1CN2CCN(CC2)Cc2cccc(c2)Nc2nccc(n2)-c2ccc(nc2)NCC(O)CN1.O=C1CN2CCN(CC2)Cc2cccc(c2)Nc2nccc(n2)-c2ccc(nc2)NCC(O)CN1. The zero-order valence-electron chi connectivity index (χ0n) is 39.0. The van der Waals surface area contributed by atoms with Crippen LogP contribution in [0.3, 0.4) is 0 Å². The van der Waals surface area contributed by atoms with Gasteiger partial charge in [-0.25, -0.2) is 29.9 Å².